The fraction of sp³-hybridized carbons (Fsp3) is 0.333. The van der Waals surface area contributed by atoms with E-state index in [2.05, 4.69) is 4.98 Å². The van der Waals surface area contributed by atoms with Crippen molar-refractivity contribution < 1.29 is 15.3 Å². The van der Waals surface area contributed by atoms with E-state index in [1.807, 2.05) is 0 Å². The summed E-state index contributed by atoms with van der Waals surface area (Å²) in [4.78, 5) is 15.7. The molecule has 0 spiro atoms. The molecule has 0 fully saturated rings. The van der Waals surface area contributed by atoms with Crippen molar-refractivity contribution in [2.45, 2.75) is 19.3 Å². The van der Waals surface area contributed by atoms with Crippen LogP contribution < -0.4 is 5.43 Å². The van der Waals surface area contributed by atoms with Crippen molar-refractivity contribution in [2.24, 2.45) is 0 Å². The summed E-state index contributed by atoms with van der Waals surface area (Å²) in [6.45, 7) is -0.595. The number of pyridine rings is 2. The van der Waals surface area contributed by atoms with E-state index in [1.54, 1.807) is 10.6 Å². The first-order valence-corrected chi connectivity index (χ1v) is 5.53. The average molecular weight is 250 g/mol. The molecule has 0 amide bonds. The molecule has 0 saturated carbocycles. The predicted molar refractivity (Wildman–Crippen MR) is 65.0 cm³/mol. The van der Waals surface area contributed by atoms with Gasteiger partial charge in [-0.1, -0.05) is 0 Å². The molecule has 0 aliphatic carbocycles. The Morgan fingerprint density at radius 1 is 1.39 bits per heavy atom. The van der Waals surface area contributed by atoms with Crippen LogP contribution in [0.2, 0.25) is 0 Å². The van der Waals surface area contributed by atoms with E-state index >= 15 is 0 Å². The summed E-state index contributed by atoms with van der Waals surface area (Å²) < 4.78 is 1.61. The van der Waals surface area contributed by atoms with Crippen molar-refractivity contribution >= 4 is 10.9 Å². The minimum atomic E-state index is -0.950. The molecular weight excluding hydrogens is 236 g/mol. The lowest BCUT2D eigenvalue weighted by Crippen LogP contribution is -2.24. The lowest BCUT2D eigenvalue weighted by Gasteiger charge is -2.17. The van der Waals surface area contributed by atoms with Crippen LogP contribution in [0.5, 0.6) is 0 Å². The Balaban J connectivity index is 2.67. The van der Waals surface area contributed by atoms with Crippen LogP contribution in [0, 0.1) is 0 Å². The van der Waals surface area contributed by atoms with E-state index in [4.69, 9.17) is 5.11 Å². The van der Waals surface area contributed by atoms with Gasteiger partial charge in [-0.25, -0.2) is 0 Å². The molecule has 18 heavy (non-hydrogen) atoms. The third kappa shape index (κ3) is 2.26. The van der Waals surface area contributed by atoms with E-state index in [9.17, 15) is 15.0 Å². The van der Waals surface area contributed by atoms with Crippen molar-refractivity contribution in [3.05, 3.63) is 40.4 Å². The Labute approximate surface area is 103 Å². The molecule has 2 rings (SSSR count). The van der Waals surface area contributed by atoms with Crippen molar-refractivity contribution in [3.63, 3.8) is 0 Å². The van der Waals surface area contributed by atoms with Crippen LogP contribution >= 0.6 is 0 Å². The summed E-state index contributed by atoms with van der Waals surface area (Å²) >= 11 is 0. The van der Waals surface area contributed by atoms with Crippen LogP contribution in [0.15, 0.2) is 29.3 Å². The number of hydrogen-bond donors (Lipinski definition) is 3. The quantitative estimate of drug-likeness (QED) is 0.663. The van der Waals surface area contributed by atoms with Gasteiger partial charge in [-0.3, -0.25) is 9.78 Å². The molecule has 0 radical (unpaired) electrons. The van der Waals surface area contributed by atoms with Crippen molar-refractivity contribution in [1.29, 1.82) is 0 Å². The first-order valence-electron chi connectivity index (χ1n) is 5.53. The van der Waals surface area contributed by atoms with Crippen molar-refractivity contribution in [1.82, 2.24) is 9.55 Å². The molecule has 6 nitrogen and oxygen atoms in total. The minimum Gasteiger partial charge on any atom is -0.394 e. The second-order valence-electron chi connectivity index (χ2n) is 4.00. The number of aliphatic hydroxyl groups is 3. The first kappa shape index (κ1) is 12.7. The number of hydrogen-bond acceptors (Lipinski definition) is 5. The van der Waals surface area contributed by atoms with Gasteiger partial charge in [0.2, 0.25) is 0 Å². The van der Waals surface area contributed by atoms with E-state index in [-0.39, 0.29) is 25.2 Å². The highest BCUT2D eigenvalue weighted by Crippen LogP contribution is 2.12. The molecule has 2 aromatic rings. The van der Waals surface area contributed by atoms with Crippen LogP contribution in [0.25, 0.3) is 10.9 Å². The van der Waals surface area contributed by atoms with Crippen LogP contribution in [0.3, 0.4) is 0 Å². The summed E-state index contributed by atoms with van der Waals surface area (Å²) in [5.41, 5.74) is 0.747. The molecule has 3 N–H and O–H groups in total. The number of aliphatic hydroxyl groups excluding tert-OH is 3. The second-order valence-corrected chi connectivity index (χ2v) is 4.00. The SMILES string of the molecule is O=c1cc(CO)n(CC(O)CO)c2ccncc12. The number of aromatic nitrogens is 2. The van der Waals surface area contributed by atoms with Gasteiger partial charge in [0.25, 0.3) is 0 Å². The monoisotopic (exact) mass is 250 g/mol. The highest BCUT2D eigenvalue weighted by atomic mass is 16.3. The van der Waals surface area contributed by atoms with E-state index in [0.29, 0.717) is 16.6 Å². The molecule has 0 aliphatic heterocycles. The van der Waals surface area contributed by atoms with E-state index in [0.717, 1.165) is 0 Å². The zero-order chi connectivity index (χ0) is 13.1. The van der Waals surface area contributed by atoms with Crippen LogP contribution in [0.1, 0.15) is 5.69 Å². The number of nitrogens with zero attached hydrogens (tertiary/aromatic N) is 2. The molecule has 0 saturated heterocycles. The highest BCUT2D eigenvalue weighted by Gasteiger charge is 2.11. The molecule has 1 unspecified atom stereocenters. The molecule has 0 bridgehead atoms. The number of fused-ring (bicyclic) bond motifs is 1. The van der Waals surface area contributed by atoms with Crippen molar-refractivity contribution in [2.75, 3.05) is 6.61 Å². The topological polar surface area (TPSA) is 95.6 Å². The first-order chi connectivity index (χ1) is 8.67. The van der Waals surface area contributed by atoms with Crippen LogP contribution in [0.4, 0.5) is 0 Å². The Bertz CT molecular complexity index is 609. The second kappa shape index (κ2) is 5.26. The number of rotatable bonds is 4. The Morgan fingerprint density at radius 3 is 2.83 bits per heavy atom. The van der Waals surface area contributed by atoms with Gasteiger partial charge in [0.15, 0.2) is 5.43 Å². The maximum Gasteiger partial charge on any atom is 0.191 e. The largest absolute Gasteiger partial charge is 0.394 e. The lowest BCUT2D eigenvalue weighted by molar-refractivity contribution is 0.0804. The summed E-state index contributed by atoms with van der Waals surface area (Å²) in [7, 11) is 0. The normalized spacial score (nSPS) is 12.8. The molecule has 1 atom stereocenters. The highest BCUT2D eigenvalue weighted by molar-refractivity contribution is 5.78. The van der Waals surface area contributed by atoms with Gasteiger partial charge in [0.1, 0.15) is 0 Å². The summed E-state index contributed by atoms with van der Waals surface area (Å²) in [5, 5.41) is 28.1. The van der Waals surface area contributed by atoms with Crippen LogP contribution in [-0.4, -0.2) is 37.6 Å². The van der Waals surface area contributed by atoms with E-state index in [1.165, 1.54) is 18.5 Å². The molecule has 0 aliphatic rings. The molecule has 0 aromatic carbocycles. The van der Waals surface area contributed by atoms with Gasteiger partial charge in [-0.15, -0.1) is 0 Å². The average Bonchev–Trinajstić information content (AvgIpc) is 2.41. The fourth-order valence-electron chi connectivity index (χ4n) is 1.89. The molecule has 2 heterocycles. The molecule has 6 heteroatoms. The zero-order valence-electron chi connectivity index (χ0n) is 9.65. The third-order valence-electron chi connectivity index (χ3n) is 2.76. The Hall–Kier alpha value is -1.76. The van der Waals surface area contributed by atoms with Gasteiger partial charge in [0.05, 0.1) is 36.8 Å². The smallest absolute Gasteiger partial charge is 0.191 e. The molecular formula is C12H14N2O4. The van der Waals surface area contributed by atoms with Gasteiger partial charge in [-0.2, -0.15) is 0 Å². The van der Waals surface area contributed by atoms with Gasteiger partial charge in [0, 0.05) is 24.2 Å². The van der Waals surface area contributed by atoms with E-state index < -0.39 is 6.10 Å². The lowest BCUT2D eigenvalue weighted by atomic mass is 10.2. The maximum absolute atomic E-state index is 11.8. The standard InChI is InChI=1S/C12H14N2O4/c15-6-8-3-12(18)10-4-13-2-1-11(10)14(8)5-9(17)7-16/h1-4,9,15-17H,5-7H2. The Kier molecular flexibility index (Phi) is 3.71. The maximum atomic E-state index is 11.8. The zero-order valence-corrected chi connectivity index (χ0v) is 9.65. The van der Waals surface area contributed by atoms with Gasteiger partial charge < -0.3 is 19.9 Å². The minimum absolute atomic E-state index is 0.104. The third-order valence-corrected chi connectivity index (χ3v) is 2.76. The van der Waals surface area contributed by atoms with Crippen molar-refractivity contribution in [3.8, 4) is 0 Å². The Morgan fingerprint density at radius 2 is 2.17 bits per heavy atom. The molecule has 2 aromatic heterocycles. The van der Waals surface area contributed by atoms with Gasteiger partial charge >= 0.3 is 0 Å². The summed E-state index contributed by atoms with van der Waals surface area (Å²) in [6, 6.07) is 2.95. The molecule has 96 valence electrons. The fourth-order valence-corrected chi connectivity index (χ4v) is 1.89. The predicted octanol–water partition coefficient (Wildman–Crippen LogP) is -0.758. The summed E-state index contributed by atoms with van der Waals surface area (Å²) in [6.07, 6.45) is 2.03. The van der Waals surface area contributed by atoms with Gasteiger partial charge in [-0.05, 0) is 6.07 Å². The summed E-state index contributed by atoms with van der Waals surface area (Å²) in [5.74, 6) is 0. The van der Waals surface area contributed by atoms with Crippen LogP contribution in [-0.2, 0) is 13.2 Å².